The number of carboxylic acids is 1. The second-order valence-electron chi connectivity index (χ2n) is 3.99. The average molecular weight is 257 g/mol. The highest BCUT2D eigenvalue weighted by molar-refractivity contribution is 7.90. The molecule has 0 saturated heterocycles. The van der Waals surface area contributed by atoms with Crippen LogP contribution >= 0.6 is 0 Å². The predicted octanol–water partition coefficient (Wildman–Crippen LogP) is 0.873. The van der Waals surface area contributed by atoms with E-state index in [1.807, 2.05) is 0 Å². The number of nitrogens with two attached hydrogens (primary N) is 1. The van der Waals surface area contributed by atoms with Gasteiger partial charge in [0.2, 0.25) is 0 Å². The number of aryl methyl sites for hydroxylation is 1. The van der Waals surface area contributed by atoms with Crippen LogP contribution in [0.3, 0.4) is 0 Å². The van der Waals surface area contributed by atoms with Crippen molar-refractivity contribution in [3.63, 3.8) is 0 Å². The first-order valence-electron chi connectivity index (χ1n) is 5.00. The summed E-state index contributed by atoms with van der Waals surface area (Å²) in [5, 5.41) is 8.64. The van der Waals surface area contributed by atoms with Crippen molar-refractivity contribution in [2.24, 2.45) is 5.73 Å². The van der Waals surface area contributed by atoms with E-state index in [0.717, 1.165) is 6.26 Å². The van der Waals surface area contributed by atoms with Crippen molar-refractivity contribution >= 4 is 15.8 Å². The number of hydrogen-bond acceptors (Lipinski definition) is 4. The molecule has 94 valence electrons. The summed E-state index contributed by atoms with van der Waals surface area (Å²) in [4.78, 5) is 10.8. The van der Waals surface area contributed by atoms with Crippen molar-refractivity contribution in [3.8, 4) is 0 Å². The fraction of sp³-hybridized carbons (Fsp3) is 0.364. The molecule has 0 radical (unpaired) electrons. The number of carbonyl (C=O) groups is 1. The lowest BCUT2D eigenvalue weighted by Crippen LogP contribution is -2.16. The molecule has 0 aliphatic carbocycles. The molecule has 0 bridgehead atoms. The maximum Gasteiger partial charge on any atom is 0.305 e. The van der Waals surface area contributed by atoms with Gasteiger partial charge in [-0.1, -0.05) is 6.07 Å². The van der Waals surface area contributed by atoms with Crippen LogP contribution in [-0.4, -0.2) is 25.7 Å². The second-order valence-corrected chi connectivity index (χ2v) is 6.01. The van der Waals surface area contributed by atoms with Crippen LogP contribution in [-0.2, 0) is 14.6 Å². The Morgan fingerprint density at radius 3 is 2.47 bits per heavy atom. The fourth-order valence-corrected chi connectivity index (χ4v) is 2.30. The highest BCUT2D eigenvalue weighted by Crippen LogP contribution is 2.21. The van der Waals surface area contributed by atoms with Crippen LogP contribution < -0.4 is 5.73 Å². The Balaban J connectivity index is 3.10. The Kier molecular flexibility index (Phi) is 3.90. The van der Waals surface area contributed by atoms with Crippen LogP contribution in [0.4, 0.5) is 0 Å². The zero-order valence-corrected chi connectivity index (χ0v) is 10.5. The normalized spacial score (nSPS) is 13.4. The monoisotopic (exact) mass is 257 g/mol. The molecule has 1 rings (SSSR count). The molecule has 1 aromatic carbocycles. The van der Waals surface area contributed by atoms with Crippen molar-refractivity contribution in [2.45, 2.75) is 24.3 Å². The Morgan fingerprint density at radius 1 is 1.47 bits per heavy atom. The highest BCUT2D eigenvalue weighted by Gasteiger charge is 2.15. The summed E-state index contributed by atoms with van der Waals surface area (Å²) in [6.07, 6.45) is 0.942. The van der Waals surface area contributed by atoms with Gasteiger partial charge in [-0.2, -0.15) is 0 Å². The molecule has 1 aromatic rings. The molecule has 0 aliphatic rings. The zero-order chi connectivity index (χ0) is 13.2. The highest BCUT2D eigenvalue weighted by atomic mass is 32.2. The summed E-state index contributed by atoms with van der Waals surface area (Å²) in [6, 6.07) is 3.89. The number of rotatable bonds is 4. The SMILES string of the molecule is Cc1cc(S(C)(=O)=O)ccc1C(N)CC(=O)O. The van der Waals surface area contributed by atoms with Gasteiger partial charge in [-0.3, -0.25) is 4.79 Å². The third-order valence-corrected chi connectivity index (χ3v) is 3.57. The third-order valence-electron chi connectivity index (χ3n) is 2.46. The van der Waals surface area contributed by atoms with Crippen molar-refractivity contribution in [2.75, 3.05) is 6.26 Å². The van der Waals surface area contributed by atoms with Crippen molar-refractivity contribution in [1.29, 1.82) is 0 Å². The smallest absolute Gasteiger partial charge is 0.305 e. The summed E-state index contributed by atoms with van der Waals surface area (Å²) in [6.45, 7) is 1.71. The Labute approximate surface area is 100 Å². The van der Waals surface area contributed by atoms with E-state index >= 15 is 0 Å². The molecule has 17 heavy (non-hydrogen) atoms. The van der Waals surface area contributed by atoms with Gasteiger partial charge in [0.25, 0.3) is 0 Å². The lowest BCUT2D eigenvalue weighted by Gasteiger charge is -2.13. The van der Waals surface area contributed by atoms with Crippen LogP contribution in [0, 0.1) is 6.92 Å². The quantitative estimate of drug-likeness (QED) is 0.834. The van der Waals surface area contributed by atoms with Crippen LogP contribution in [0.2, 0.25) is 0 Å². The van der Waals surface area contributed by atoms with Gasteiger partial charge < -0.3 is 10.8 Å². The molecule has 6 heteroatoms. The molecule has 0 heterocycles. The van der Waals surface area contributed by atoms with Gasteiger partial charge in [0, 0.05) is 12.3 Å². The maximum atomic E-state index is 11.3. The van der Waals surface area contributed by atoms with Crippen LogP contribution in [0.15, 0.2) is 23.1 Å². The largest absolute Gasteiger partial charge is 0.481 e. The van der Waals surface area contributed by atoms with E-state index in [1.165, 1.54) is 12.1 Å². The first-order valence-corrected chi connectivity index (χ1v) is 6.89. The maximum absolute atomic E-state index is 11.3. The summed E-state index contributed by atoms with van der Waals surface area (Å²) in [5.41, 5.74) is 7.06. The molecule has 3 N–H and O–H groups in total. The van der Waals surface area contributed by atoms with Gasteiger partial charge in [0.05, 0.1) is 11.3 Å². The Bertz CT molecular complexity index is 536. The van der Waals surface area contributed by atoms with Crippen LogP contribution in [0.5, 0.6) is 0 Å². The van der Waals surface area contributed by atoms with E-state index in [4.69, 9.17) is 10.8 Å². The number of sulfone groups is 1. The lowest BCUT2D eigenvalue weighted by molar-refractivity contribution is -0.137. The number of benzene rings is 1. The van der Waals surface area contributed by atoms with E-state index in [9.17, 15) is 13.2 Å². The average Bonchev–Trinajstić information content (AvgIpc) is 2.14. The van der Waals surface area contributed by atoms with Crippen LogP contribution in [0.1, 0.15) is 23.6 Å². The summed E-state index contributed by atoms with van der Waals surface area (Å²) >= 11 is 0. The van der Waals surface area contributed by atoms with Gasteiger partial charge in [0.1, 0.15) is 0 Å². The van der Waals surface area contributed by atoms with E-state index in [2.05, 4.69) is 0 Å². The standard InChI is InChI=1S/C11H15NO4S/c1-7-5-8(17(2,15)16)3-4-9(7)10(12)6-11(13)14/h3-5,10H,6,12H2,1-2H3,(H,13,14). The molecule has 1 unspecified atom stereocenters. The molecular weight excluding hydrogens is 242 g/mol. The van der Waals surface area contributed by atoms with E-state index in [0.29, 0.717) is 11.1 Å². The minimum Gasteiger partial charge on any atom is -0.481 e. The Morgan fingerprint density at radius 2 is 2.06 bits per heavy atom. The lowest BCUT2D eigenvalue weighted by atomic mass is 10.00. The minimum atomic E-state index is -3.25. The second kappa shape index (κ2) is 4.85. The van der Waals surface area contributed by atoms with Crippen molar-refractivity contribution < 1.29 is 18.3 Å². The van der Waals surface area contributed by atoms with E-state index in [1.54, 1.807) is 13.0 Å². The van der Waals surface area contributed by atoms with Crippen LogP contribution in [0.25, 0.3) is 0 Å². The molecule has 0 saturated carbocycles. The minimum absolute atomic E-state index is 0.181. The molecule has 0 aromatic heterocycles. The molecule has 0 aliphatic heterocycles. The first kappa shape index (κ1) is 13.7. The van der Waals surface area contributed by atoms with Gasteiger partial charge in [-0.15, -0.1) is 0 Å². The van der Waals surface area contributed by atoms with Gasteiger partial charge in [-0.25, -0.2) is 8.42 Å². The predicted molar refractivity (Wildman–Crippen MR) is 63.5 cm³/mol. The molecule has 0 spiro atoms. The Hall–Kier alpha value is -1.40. The molecule has 1 atom stereocenters. The first-order chi connectivity index (χ1) is 7.71. The molecule has 5 nitrogen and oxygen atoms in total. The fourth-order valence-electron chi connectivity index (χ4n) is 1.59. The molecule has 0 fully saturated rings. The van der Waals surface area contributed by atoms with Crippen molar-refractivity contribution in [3.05, 3.63) is 29.3 Å². The number of carboxylic acid groups (broad SMARTS) is 1. The van der Waals surface area contributed by atoms with E-state index in [-0.39, 0.29) is 11.3 Å². The van der Waals surface area contributed by atoms with Gasteiger partial charge in [-0.05, 0) is 30.2 Å². The number of aliphatic carboxylic acids is 1. The summed E-state index contributed by atoms with van der Waals surface area (Å²) in [7, 11) is -3.25. The van der Waals surface area contributed by atoms with Gasteiger partial charge >= 0.3 is 5.97 Å². The molecular formula is C11H15NO4S. The van der Waals surface area contributed by atoms with Gasteiger partial charge in [0.15, 0.2) is 9.84 Å². The third kappa shape index (κ3) is 3.54. The zero-order valence-electron chi connectivity index (χ0n) is 9.67. The molecule has 0 amide bonds. The summed E-state index contributed by atoms with van der Waals surface area (Å²) < 4.78 is 22.6. The van der Waals surface area contributed by atoms with E-state index < -0.39 is 21.8 Å². The summed E-state index contributed by atoms with van der Waals surface area (Å²) in [5.74, 6) is -0.982. The topological polar surface area (TPSA) is 97.5 Å². The van der Waals surface area contributed by atoms with Crippen molar-refractivity contribution in [1.82, 2.24) is 0 Å². The number of hydrogen-bond donors (Lipinski definition) is 2.